The van der Waals surface area contributed by atoms with E-state index in [1.807, 2.05) is 24.4 Å². The summed E-state index contributed by atoms with van der Waals surface area (Å²) in [6.07, 6.45) is 3.01. The van der Waals surface area contributed by atoms with Gasteiger partial charge in [0.2, 0.25) is 0 Å². The number of nitrogens with two attached hydrogens (primary N) is 1. The van der Waals surface area contributed by atoms with Gasteiger partial charge in [-0.05, 0) is 49.2 Å². The summed E-state index contributed by atoms with van der Waals surface area (Å²) < 4.78 is 0. The lowest BCUT2D eigenvalue weighted by Crippen LogP contribution is -2.24. The third-order valence-electron chi connectivity index (χ3n) is 3.42. The highest BCUT2D eigenvalue weighted by Crippen LogP contribution is 2.13. The smallest absolute Gasteiger partial charge is 0.0573 e. The molecule has 0 fully saturated rings. The van der Waals surface area contributed by atoms with E-state index in [-0.39, 0.29) is 0 Å². The first-order valence-electron chi connectivity index (χ1n) is 7.16. The second-order valence-electron chi connectivity index (χ2n) is 5.22. The zero-order chi connectivity index (χ0) is 14.4. The first-order chi connectivity index (χ1) is 9.69. The first-order valence-corrected chi connectivity index (χ1v) is 7.16. The minimum Gasteiger partial charge on any atom is -0.399 e. The predicted octanol–water partition coefficient (Wildman–Crippen LogP) is 3.38. The molecule has 0 atom stereocenters. The lowest BCUT2D eigenvalue weighted by Gasteiger charge is -2.22. The maximum absolute atomic E-state index is 5.74. The van der Waals surface area contributed by atoms with E-state index < -0.39 is 0 Å². The van der Waals surface area contributed by atoms with Crippen molar-refractivity contribution in [2.45, 2.75) is 33.4 Å². The van der Waals surface area contributed by atoms with Gasteiger partial charge in [0.25, 0.3) is 0 Å². The van der Waals surface area contributed by atoms with Gasteiger partial charge in [0.1, 0.15) is 0 Å². The van der Waals surface area contributed by atoms with Crippen LogP contribution in [-0.4, -0.2) is 16.4 Å². The molecule has 0 bridgehead atoms. The fraction of sp³-hybridized carbons (Fsp3) is 0.353. The molecule has 0 saturated heterocycles. The van der Waals surface area contributed by atoms with Crippen LogP contribution in [-0.2, 0) is 13.1 Å². The van der Waals surface area contributed by atoms with E-state index >= 15 is 0 Å². The third-order valence-corrected chi connectivity index (χ3v) is 3.42. The summed E-state index contributed by atoms with van der Waals surface area (Å²) in [6, 6.07) is 12.2. The van der Waals surface area contributed by atoms with Crippen LogP contribution in [0.3, 0.4) is 0 Å². The lowest BCUT2D eigenvalue weighted by molar-refractivity contribution is 0.253. The summed E-state index contributed by atoms with van der Waals surface area (Å²) in [5.41, 5.74) is 10.3. The number of nitrogens with zero attached hydrogens (tertiary/aromatic N) is 2. The maximum atomic E-state index is 5.74. The highest BCUT2D eigenvalue weighted by Gasteiger charge is 2.08. The van der Waals surface area contributed by atoms with Crippen molar-refractivity contribution in [3.05, 3.63) is 59.4 Å². The molecule has 0 aliphatic carbocycles. The largest absolute Gasteiger partial charge is 0.399 e. The molecule has 3 nitrogen and oxygen atoms in total. The normalized spacial score (nSPS) is 10.9. The van der Waals surface area contributed by atoms with Crippen LogP contribution in [0.1, 0.15) is 30.2 Å². The third kappa shape index (κ3) is 4.07. The Bertz CT molecular complexity index is 534. The SMILES string of the molecule is CCCN(Cc1ccc(N)cc1)Cc1ncccc1C. The quantitative estimate of drug-likeness (QED) is 0.817. The Labute approximate surface area is 121 Å². The number of anilines is 1. The van der Waals surface area contributed by atoms with Gasteiger partial charge in [-0.25, -0.2) is 0 Å². The van der Waals surface area contributed by atoms with E-state index in [0.29, 0.717) is 0 Å². The van der Waals surface area contributed by atoms with Crippen LogP contribution in [0.2, 0.25) is 0 Å². The summed E-state index contributed by atoms with van der Waals surface area (Å²) in [5, 5.41) is 0. The van der Waals surface area contributed by atoms with Crippen LogP contribution in [0.25, 0.3) is 0 Å². The average Bonchev–Trinajstić information content (AvgIpc) is 2.44. The maximum Gasteiger partial charge on any atom is 0.0573 e. The number of pyridine rings is 1. The number of hydrogen-bond acceptors (Lipinski definition) is 3. The lowest BCUT2D eigenvalue weighted by atomic mass is 10.1. The average molecular weight is 269 g/mol. The van der Waals surface area contributed by atoms with Crippen LogP contribution in [0.5, 0.6) is 0 Å². The number of hydrogen-bond donors (Lipinski definition) is 1. The van der Waals surface area contributed by atoms with E-state index in [1.54, 1.807) is 0 Å². The molecular formula is C17H23N3. The van der Waals surface area contributed by atoms with Gasteiger partial charge in [-0.15, -0.1) is 0 Å². The van der Waals surface area contributed by atoms with Crippen molar-refractivity contribution in [3.8, 4) is 0 Å². The zero-order valence-electron chi connectivity index (χ0n) is 12.3. The summed E-state index contributed by atoms with van der Waals surface area (Å²) in [4.78, 5) is 6.93. The molecule has 0 unspecified atom stereocenters. The number of benzene rings is 1. The Morgan fingerprint density at radius 2 is 1.85 bits per heavy atom. The molecule has 20 heavy (non-hydrogen) atoms. The molecule has 2 rings (SSSR count). The molecule has 0 aliphatic heterocycles. The number of rotatable bonds is 6. The van der Waals surface area contributed by atoms with Crippen molar-refractivity contribution < 1.29 is 0 Å². The molecular weight excluding hydrogens is 246 g/mol. The van der Waals surface area contributed by atoms with Gasteiger partial charge in [-0.2, -0.15) is 0 Å². The molecule has 2 N–H and O–H groups in total. The highest BCUT2D eigenvalue weighted by molar-refractivity contribution is 5.39. The fourth-order valence-corrected chi connectivity index (χ4v) is 2.31. The number of aryl methyl sites for hydroxylation is 1. The molecule has 1 aromatic heterocycles. The van der Waals surface area contributed by atoms with Crippen LogP contribution in [0, 0.1) is 6.92 Å². The van der Waals surface area contributed by atoms with Gasteiger partial charge < -0.3 is 5.73 Å². The monoisotopic (exact) mass is 269 g/mol. The molecule has 1 heterocycles. The van der Waals surface area contributed by atoms with Gasteiger partial charge in [-0.1, -0.05) is 25.1 Å². The standard InChI is InChI=1S/C17H23N3/c1-3-11-20(12-15-6-8-16(18)9-7-15)13-17-14(2)5-4-10-19-17/h4-10H,3,11-13,18H2,1-2H3. The summed E-state index contributed by atoms with van der Waals surface area (Å²) in [5.74, 6) is 0. The fourth-order valence-electron chi connectivity index (χ4n) is 2.31. The van der Waals surface area contributed by atoms with Crippen LogP contribution < -0.4 is 5.73 Å². The second kappa shape index (κ2) is 7.06. The van der Waals surface area contributed by atoms with Gasteiger partial charge >= 0.3 is 0 Å². The van der Waals surface area contributed by atoms with Crippen molar-refractivity contribution in [1.29, 1.82) is 0 Å². The van der Waals surface area contributed by atoms with Gasteiger partial charge in [0, 0.05) is 25.0 Å². The highest BCUT2D eigenvalue weighted by atomic mass is 15.1. The van der Waals surface area contributed by atoms with Crippen molar-refractivity contribution >= 4 is 5.69 Å². The summed E-state index contributed by atoms with van der Waals surface area (Å²) >= 11 is 0. The van der Waals surface area contributed by atoms with Crippen molar-refractivity contribution in [1.82, 2.24) is 9.88 Å². The second-order valence-corrected chi connectivity index (χ2v) is 5.22. The molecule has 2 aromatic rings. The van der Waals surface area contributed by atoms with Crippen molar-refractivity contribution in [2.75, 3.05) is 12.3 Å². The molecule has 0 spiro atoms. The Morgan fingerprint density at radius 3 is 2.50 bits per heavy atom. The Balaban J connectivity index is 2.07. The van der Waals surface area contributed by atoms with Crippen LogP contribution >= 0.6 is 0 Å². The van der Waals surface area contributed by atoms with Crippen LogP contribution in [0.4, 0.5) is 5.69 Å². The molecule has 1 aromatic carbocycles. The van der Waals surface area contributed by atoms with Crippen LogP contribution in [0.15, 0.2) is 42.6 Å². The number of aromatic nitrogens is 1. The molecule has 3 heteroatoms. The van der Waals surface area contributed by atoms with E-state index in [1.165, 1.54) is 11.1 Å². The topological polar surface area (TPSA) is 42.1 Å². The van der Waals surface area contributed by atoms with E-state index in [0.717, 1.165) is 37.4 Å². The van der Waals surface area contributed by atoms with Crippen molar-refractivity contribution in [3.63, 3.8) is 0 Å². The number of nitrogen functional groups attached to an aromatic ring is 1. The molecule has 106 valence electrons. The van der Waals surface area contributed by atoms with E-state index in [2.05, 4.69) is 41.9 Å². The minimum atomic E-state index is 0.816. The van der Waals surface area contributed by atoms with Gasteiger partial charge in [0.15, 0.2) is 0 Å². The van der Waals surface area contributed by atoms with Crippen molar-refractivity contribution in [2.24, 2.45) is 0 Å². The Morgan fingerprint density at radius 1 is 1.10 bits per heavy atom. The molecule has 0 amide bonds. The predicted molar refractivity (Wildman–Crippen MR) is 84.2 cm³/mol. The van der Waals surface area contributed by atoms with Gasteiger partial charge in [0.05, 0.1) is 5.69 Å². The van der Waals surface area contributed by atoms with E-state index in [9.17, 15) is 0 Å². The summed E-state index contributed by atoms with van der Waals surface area (Å²) in [6.45, 7) is 7.23. The van der Waals surface area contributed by atoms with Gasteiger partial charge in [-0.3, -0.25) is 9.88 Å². The summed E-state index contributed by atoms with van der Waals surface area (Å²) in [7, 11) is 0. The Kier molecular flexibility index (Phi) is 5.13. The first kappa shape index (κ1) is 14.5. The molecule has 0 aliphatic rings. The zero-order valence-corrected chi connectivity index (χ0v) is 12.3. The molecule has 0 radical (unpaired) electrons. The van der Waals surface area contributed by atoms with E-state index in [4.69, 9.17) is 5.73 Å². The molecule has 0 saturated carbocycles. The Hall–Kier alpha value is -1.87. The minimum absolute atomic E-state index is 0.816.